The van der Waals surface area contributed by atoms with Crippen LogP contribution in [0.25, 0.3) is 0 Å². The molecule has 3 rings (SSSR count). The summed E-state index contributed by atoms with van der Waals surface area (Å²) in [4.78, 5) is 27.8. The fourth-order valence-corrected chi connectivity index (χ4v) is 2.99. The number of nitrogens with zero attached hydrogens (tertiary/aromatic N) is 2. The van der Waals surface area contributed by atoms with Gasteiger partial charge in [0.1, 0.15) is 11.6 Å². The largest absolute Gasteiger partial charge is 0.535 e. The van der Waals surface area contributed by atoms with Crippen LogP contribution in [0.4, 0.5) is 5.82 Å². The molecule has 138 valence electrons. The molecule has 1 aromatic carbocycles. The van der Waals surface area contributed by atoms with Gasteiger partial charge in [0.2, 0.25) is 0 Å². The summed E-state index contributed by atoms with van der Waals surface area (Å²) in [6.07, 6.45) is 0.0419. The number of ketones is 1. The van der Waals surface area contributed by atoms with Crippen molar-refractivity contribution in [3.8, 4) is 5.75 Å². The predicted molar refractivity (Wildman–Crippen MR) is 96.1 cm³/mol. The predicted octanol–water partition coefficient (Wildman–Crippen LogP) is 0.985. The average molecular weight is 369 g/mol. The van der Waals surface area contributed by atoms with Crippen LogP contribution in [0, 0.1) is 0 Å². The smallest absolute Gasteiger partial charge is 0.526 e. The lowest BCUT2D eigenvalue weighted by molar-refractivity contribution is -0.113. The number of nitrogen functional groups attached to an aromatic ring is 1. The number of fused-ring (bicyclic) bond motifs is 1. The lowest BCUT2D eigenvalue weighted by atomic mass is 9.64. The molecule has 1 aromatic heterocycles. The van der Waals surface area contributed by atoms with Crippen LogP contribution in [0.2, 0.25) is 5.82 Å². The highest BCUT2D eigenvalue weighted by Gasteiger charge is 2.38. The van der Waals surface area contributed by atoms with Crippen LogP contribution in [-0.4, -0.2) is 44.9 Å². The van der Waals surface area contributed by atoms with Crippen molar-refractivity contribution in [3.63, 3.8) is 0 Å². The standard InChI is InChI=1S/C17H16BN3O6/c19-14-6-2-5-12(20-14)15(21-26)13(22)8-10-7-9-3-1-4-11(17(23)24)16(9)27-18(10)25/h1-6,10,25-26H,7-8H2,(H2,19,20)(H,23,24)/b21-15-/t10-/m1/s1. The van der Waals surface area contributed by atoms with Gasteiger partial charge in [-0.2, -0.15) is 0 Å². The number of carbonyl (C=O) groups is 2. The number of hydrogen-bond donors (Lipinski definition) is 4. The molecule has 0 saturated carbocycles. The molecule has 0 bridgehead atoms. The van der Waals surface area contributed by atoms with Gasteiger partial charge in [-0.05, 0) is 30.2 Å². The minimum Gasteiger partial charge on any atom is -0.535 e. The van der Waals surface area contributed by atoms with Gasteiger partial charge in [0.05, 0.1) is 11.3 Å². The Kier molecular flexibility index (Phi) is 5.08. The summed E-state index contributed by atoms with van der Waals surface area (Å²) in [6, 6.07) is 9.19. The summed E-state index contributed by atoms with van der Waals surface area (Å²) in [6.45, 7) is 0. The van der Waals surface area contributed by atoms with Gasteiger partial charge in [0, 0.05) is 12.2 Å². The molecular formula is C17H16BN3O6. The van der Waals surface area contributed by atoms with Crippen LogP contribution in [0.5, 0.6) is 5.75 Å². The van der Waals surface area contributed by atoms with E-state index in [4.69, 9.17) is 10.4 Å². The minimum atomic E-state index is -1.38. The first-order valence-corrected chi connectivity index (χ1v) is 8.08. The molecule has 1 aliphatic heterocycles. The maximum absolute atomic E-state index is 12.6. The molecule has 5 N–H and O–H groups in total. The van der Waals surface area contributed by atoms with Crippen LogP contribution in [0.15, 0.2) is 41.6 Å². The number of oxime groups is 1. The molecule has 2 aromatic rings. The van der Waals surface area contributed by atoms with Gasteiger partial charge in [-0.1, -0.05) is 23.4 Å². The number of pyridine rings is 1. The second-order valence-electron chi connectivity index (χ2n) is 6.10. The first-order valence-electron chi connectivity index (χ1n) is 8.08. The van der Waals surface area contributed by atoms with E-state index in [1.54, 1.807) is 18.2 Å². The highest BCUT2D eigenvalue weighted by Crippen LogP contribution is 2.36. The third-order valence-corrected chi connectivity index (χ3v) is 4.28. The number of aromatic nitrogens is 1. The van der Waals surface area contributed by atoms with Crippen molar-refractivity contribution in [1.82, 2.24) is 4.98 Å². The Morgan fingerprint density at radius 3 is 2.70 bits per heavy atom. The van der Waals surface area contributed by atoms with Gasteiger partial charge >= 0.3 is 13.1 Å². The Hall–Kier alpha value is -3.40. The zero-order chi connectivity index (χ0) is 19.6. The third kappa shape index (κ3) is 3.75. The third-order valence-electron chi connectivity index (χ3n) is 4.28. The van der Waals surface area contributed by atoms with E-state index >= 15 is 0 Å². The molecule has 27 heavy (non-hydrogen) atoms. The second-order valence-corrected chi connectivity index (χ2v) is 6.10. The van der Waals surface area contributed by atoms with E-state index in [9.17, 15) is 24.9 Å². The number of nitrogens with two attached hydrogens (primary N) is 1. The van der Waals surface area contributed by atoms with Gasteiger partial charge in [-0.15, -0.1) is 0 Å². The van der Waals surface area contributed by atoms with Crippen molar-refractivity contribution in [2.75, 3.05) is 5.73 Å². The van der Waals surface area contributed by atoms with Gasteiger partial charge in [-0.3, -0.25) is 4.79 Å². The number of benzene rings is 1. The Morgan fingerprint density at radius 1 is 1.30 bits per heavy atom. The molecule has 0 fully saturated rings. The van der Waals surface area contributed by atoms with Gasteiger partial charge in [0.15, 0.2) is 11.5 Å². The maximum Gasteiger partial charge on any atom is 0.526 e. The Bertz CT molecular complexity index is 933. The number of aromatic carboxylic acids is 1. The molecule has 0 spiro atoms. The number of carboxylic acid groups (broad SMARTS) is 1. The van der Waals surface area contributed by atoms with Crippen molar-refractivity contribution in [2.45, 2.75) is 18.7 Å². The lowest BCUT2D eigenvalue weighted by Gasteiger charge is -2.28. The van der Waals surface area contributed by atoms with E-state index in [2.05, 4.69) is 10.1 Å². The Morgan fingerprint density at radius 2 is 2.04 bits per heavy atom. The second kappa shape index (κ2) is 7.46. The normalized spacial score (nSPS) is 16.4. The number of hydrogen-bond acceptors (Lipinski definition) is 8. The molecule has 9 nitrogen and oxygen atoms in total. The number of rotatable bonds is 5. The van der Waals surface area contributed by atoms with Crippen molar-refractivity contribution < 1.29 is 29.6 Å². The fraction of sp³-hybridized carbons (Fsp3) is 0.176. The van der Waals surface area contributed by atoms with E-state index in [-0.39, 0.29) is 41.4 Å². The van der Waals surface area contributed by atoms with Gasteiger partial charge < -0.3 is 25.7 Å². The number of para-hydroxylation sites is 1. The number of anilines is 1. The van der Waals surface area contributed by atoms with E-state index in [1.165, 1.54) is 18.2 Å². The van der Waals surface area contributed by atoms with Crippen molar-refractivity contribution >= 4 is 30.4 Å². The molecule has 1 atom stereocenters. The molecule has 10 heteroatoms. The highest BCUT2D eigenvalue weighted by molar-refractivity contribution is 6.50. The Balaban J connectivity index is 1.81. The fourth-order valence-electron chi connectivity index (χ4n) is 2.99. The van der Waals surface area contributed by atoms with E-state index in [1.807, 2.05) is 0 Å². The van der Waals surface area contributed by atoms with Crippen LogP contribution in [-0.2, 0) is 11.2 Å². The number of Topliss-reactive ketones (excluding diaryl/α,β-unsaturated/α-hetero) is 1. The topological polar surface area (TPSA) is 155 Å². The molecule has 0 aliphatic carbocycles. The molecule has 0 unspecified atom stereocenters. The van der Waals surface area contributed by atoms with Crippen LogP contribution >= 0.6 is 0 Å². The van der Waals surface area contributed by atoms with Crippen molar-refractivity contribution in [2.24, 2.45) is 5.16 Å². The monoisotopic (exact) mass is 369 g/mol. The molecule has 0 saturated heterocycles. The van der Waals surface area contributed by atoms with Crippen LogP contribution in [0.3, 0.4) is 0 Å². The molecule has 0 amide bonds. The zero-order valence-electron chi connectivity index (χ0n) is 14.1. The van der Waals surface area contributed by atoms with Gasteiger partial charge in [-0.25, -0.2) is 9.78 Å². The SMILES string of the molecule is Nc1cccc(/C(=N/O)C(=O)C[C@H]2Cc3cccc(C(=O)O)c3OB2O)n1. The Labute approximate surface area is 154 Å². The van der Waals surface area contributed by atoms with Gasteiger partial charge in [0.25, 0.3) is 0 Å². The van der Waals surface area contributed by atoms with E-state index < -0.39 is 24.7 Å². The quantitative estimate of drug-likeness (QED) is 0.263. The number of carbonyl (C=O) groups excluding carboxylic acids is 1. The minimum absolute atomic E-state index is 0.0575. The lowest BCUT2D eigenvalue weighted by Crippen LogP contribution is -2.37. The summed E-state index contributed by atoms with van der Waals surface area (Å²) in [5, 5.41) is 31.7. The van der Waals surface area contributed by atoms with E-state index in [0.29, 0.717) is 5.56 Å². The highest BCUT2D eigenvalue weighted by atomic mass is 16.5. The van der Waals surface area contributed by atoms with Crippen LogP contribution < -0.4 is 10.4 Å². The van der Waals surface area contributed by atoms with E-state index in [0.717, 1.165) is 0 Å². The average Bonchev–Trinajstić information content (AvgIpc) is 2.62. The summed E-state index contributed by atoms with van der Waals surface area (Å²) in [5.74, 6) is -2.11. The summed E-state index contributed by atoms with van der Waals surface area (Å²) >= 11 is 0. The zero-order valence-corrected chi connectivity index (χ0v) is 14.1. The van der Waals surface area contributed by atoms with Crippen molar-refractivity contribution in [3.05, 3.63) is 53.2 Å². The summed E-state index contributed by atoms with van der Waals surface area (Å²) in [5.41, 5.74) is 5.93. The molecular weight excluding hydrogens is 353 g/mol. The van der Waals surface area contributed by atoms with Crippen molar-refractivity contribution in [1.29, 1.82) is 0 Å². The first kappa shape index (κ1) is 18.4. The molecule has 1 aliphatic rings. The van der Waals surface area contributed by atoms with Crippen LogP contribution in [0.1, 0.15) is 28.0 Å². The first-order chi connectivity index (χ1) is 12.9. The maximum atomic E-state index is 12.6. The molecule has 0 radical (unpaired) electrons. The summed E-state index contributed by atoms with van der Waals surface area (Å²) in [7, 11) is -1.38. The molecule has 2 heterocycles. The number of carboxylic acids is 1. The summed E-state index contributed by atoms with van der Waals surface area (Å²) < 4.78 is 5.36.